The average molecular weight is 661 g/mol. The van der Waals surface area contributed by atoms with E-state index in [4.69, 9.17) is 4.74 Å². The Hall–Kier alpha value is -4.98. The second-order valence-electron chi connectivity index (χ2n) is 16.3. The molecular weight excluding hydrogens is 617 g/mol. The predicted molar refractivity (Wildman–Crippen MR) is 210 cm³/mol. The van der Waals surface area contributed by atoms with Gasteiger partial charge in [0.2, 0.25) is 0 Å². The Morgan fingerprint density at radius 2 is 1.18 bits per heavy atom. The second-order valence-corrected chi connectivity index (χ2v) is 16.3. The van der Waals surface area contributed by atoms with E-state index in [2.05, 4.69) is 167 Å². The van der Waals surface area contributed by atoms with Gasteiger partial charge in [0.1, 0.15) is 12.2 Å². The van der Waals surface area contributed by atoms with Crippen LogP contribution in [-0.4, -0.2) is 0 Å². The fourth-order valence-electron chi connectivity index (χ4n) is 10.1. The summed E-state index contributed by atoms with van der Waals surface area (Å²) in [7, 11) is 0. The molecule has 0 N–H and O–H groups in total. The molecule has 0 amide bonds. The maximum atomic E-state index is 6.65. The molecule has 0 fully saturated rings. The average Bonchev–Trinajstić information content (AvgIpc) is 3.87. The summed E-state index contributed by atoms with van der Waals surface area (Å²) in [5, 5.41) is 0. The Balaban J connectivity index is 0.894. The van der Waals surface area contributed by atoms with Crippen molar-refractivity contribution in [1.29, 1.82) is 0 Å². The lowest BCUT2D eigenvalue weighted by molar-refractivity contribution is 0.0801. The highest BCUT2D eigenvalue weighted by molar-refractivity contribution is 5.90. The topological polar surface area (TPSA) is 9.23 Å². The third-order valence-electron chi connectivity index (χ3n) is 12.8. The molecule has 10 rings (SSSR count). The highest BCUT2D eigenvalue weighted by atomic mass is 16.5. The number of aryl methyl sites for hydroxylation is 1. The van der Waals surface area contributed by atoms with Crippen LogP contribution in [0.15, 0.2) is 145 Å². The van der Waals surface area contributed by atoms with Gasteiger partial charge in [-0.1, -0.05) is 161 Å². The number of hydrogen-bond acceptors (Lipinski definition) is 1. The van der Waals surface area contributed by atoms with Crippen molar-refractivity contribution >= 4 is 5.57 Å². The van der Waals surface area contributed by atoms with Gasteiger partial charge in [0.15, 0.2) is 0 Å². The first-order valence-electron chi connectivity index (χ1n) is 18.8. The molecule has 0 radical (unpaired) electrons. The molecule has 1 nitrogen and oxygen atoms in total. The SMILES string of the molecule is CC1(C)C2=C(c3cc(-c4ccc(CCC(Cc5ccc6c(c5)C(C)(C)c5ccccc5-6)c5ccccc5)cc4)ccc31)C1OC2c2ccccc21. The number of ether oxygens (including phenoxy) is 1. The maximum Gasteiger partial charge on any atom is 0.110 e. The summed E-state index contributed by atoms with van der Waals surface area (Å²) >= 11 is 0. The molecule has 4 aliphatic rings. The van der Waals surface area contributed by atoms with Crippen molar-refractivity contribution in [2.75, 3.05) is 0 Å². The molecule has 0 saturated heterocycles. The zero-order chi connectivity index (χ0) is 34.5. The van der Waals surface area contributed by atoms with Crippen LogP contribution in [0.25, 0.3) is 27.8 Å². The van der Waals surface area contributed by atoms with E-state index in [0.717, 1.165) is 19.3 Å². The van der Waals surface area contributed by atoms with Crippen LogP contribution >= 0.6 is 0 Å². The molecule has 2 bridgehead atoms. The molecule has 250 valence electrons. The Labute approximate surface area is 302 Å². The third-order valence-corrected chi connectivity index (χ3v) is 12.8. The first-order chi connectivity index (χ1) is 24.8. The van der Waals surface area contributed by atoms with Crippen molar-refractivity contribution in [1.82, 2.24) is 0 Å². The van der Waals surface area contributed by atoms with Crippen molar-refractivity contribution in [3.8, 4) is 22.3 Å². The summed E-state index contributed by atoms with van der Waals surface area (Å²) in [6.07, 6.45) is 3.34. The van der Waals surface area contributed by atoms with Crippen LogP contribution in [0.4, 0.5) is 0 Å². The van der Waals surface area contributed by atoms with Crippen LogP contribution in [0.1, 0.15) is 102 Å². The molecule has 51 heavy (non-hydrogen) atoms. The molecule has 1 heteroatoms. The standard InChI is InChI=1S/C50H44O/c1-49(2)42-17-11-10-14-37(42)38-26-21-32(29-44(38)49)28-35(33-12-6-5-7-13-33)24-20-31-18-22-34(23-19-31)36-25-27-43-41(30-36)45-46(50(43,3)4)48-40-16-9-8-15-39(40)47(45)51-48/h5-19,21-23,25-27,29-30,35,47-48H,20,24,28H2,1-4H3. The van der Waals surface area contributed by atoms with Crippen molar-refractivity contribution in [2.24, 2.45) is 0 Å². The molecule has 6 aromatic carbocycles. The van der Waals surface area contributed by atoms with Gasteiger partial charge >= 0.3 is 0 Å². The number of rotatable bonds is 7. The van der Waals surface area contributed by atoms with Crippen molar-refractivity contribution in [3.63, 3.8) is 0 Å². The van der Waals surface area contributed by atoms with Gasteiger partial charge in [0.25, 0.3) is 0 Å². The summed E-state index contributed by atoms with van der Waals surface area (Å²) in [4.78, 5) is 0. The molecular formula is C50H44O. The second kappa shape index (κ2) is 11.3. The fourth-order valence-corrected chi connectivity index (χ4v) is 10.1. The summed E-state index contributed by atoms with van der Waals surface area (Å²) < 4.78 is 6.65. The first-order valence-corrected chi connectivity index (χ1v) is 18.8. The number of benzene rings is 6. The molecule has 2 aliphatic carbocycles. The Morgan fingerprint density at radius 1 is 0.529 bits per heavy atom. The van der Waals surface area contributed by atoms with Gasteiger partial charge < -0.3 is 4.74 Å². The van der Waals surface area contributed by atoms with E-state index in [0.29, 0.717) is 5.92 Å². The summed E-state index contributed by atoms with van der Waals surface area (Å²) in [6, 6.07) is 52.6. The zero-order valence-corrected chi connectivity index (χ0v) is 30.0. The number of hydrogen-bond donors (Lipinski definition) is 0. The van der Waals surface area contributed by atoms with Crippen LogP contribution < -0.4 is 0 Å². The monoisotopic (exact) mass is 660 g/mol. The Kier molecular flexibility index (Phi) is 6.80. The van der Waals surface area contributed by atoms with Crippen LogP contribution in [0.2, 0.25) is 0 Å². The predicted octanol–water partition coefficient (Wildman–Crippen LogP) is 12.5. The van der Waals surface area contributed by atoms with E-state index in [-0.39, 0.29) is 23.0 Å². The Bertz CT molecular complexity index is 2370. The zero-order valence-electron chi connectivity index (χ0n) is 30.0. The third kappa shape index (κ3) is 4.64. The molecule has 2 aliphatic heterocycles. The maximum absolute atomic E-state index is 6.65. The van der Waals surface area contributed by atoms with Crippen LogP contribution in [0.3, 0.4) is 0 Å². The normalized spacial score (nSPS) is 20.1. The van der Waals surface area contributed by atoms with E-state index < -0.39 is 0 Å². The van der Waals surface area contributed by atoms with Gasteiger partial charge in [-0.2, -0.15) is 0 Å². The minimum atomic E-state index is -0.0315. The van der Waals surface area contributed by atoms with Gasteiger partial charge in [-0.15, -0.1) is 0 Å². The van der Waals surface area contributed by atoms with Crippen LogP contribution in [0.5, 0.6) is 0 Å². The minimum absolute atomic E-state index is 0.0239. The van der Waals surface area contributed by atoms with Gasteiger partial charge in [-0.25, -0.2) is 0 Å². The van der Waals surface area contributed by atoms with E-state index in [1.807, 2.05) is 0 Å². The lowest BCUT2D eigenvalue weighted by Gasteiger charge is -2.28. The molecule has 3 atom stereocenters. The quantitative estimate of drug-likeness (QED) is 0.166. The Morgan fingerprint density at radius 3 is 1.98 bits per heavy atom. The lowest BCUT2D eigenvalue weighted by atomic mass is 9.75. The van der Waals surface area contributed by atoms with Gasteiger partial charge in [0, 0.05) is 10.8 Å². The van der Waals surface area contributed by atoms with E-state index in [9.17, 15) is 0 Å². The van der Waals surface area contributed by atoms with Crippen LogP contribution in [-0.2, 0) is 28.4 Å². The van der Waals surface area contributed by atoms with Crippen molar-refractivity contribution in [3.05, 3.63) is 195 Å². The van der Waals surface area contributed by atoms with Gasteiger partial charge in [-0.3, -0.25) is 0 Å². The van der Waals surface area contributed by atoms with Gasteiger partial charge in [0.05, 0.1) is 0 Å². The summed E-state index contributed by atoms with van der Waals surface area (Å²) in [5.74, 6) is 0.451. The first kappa shape index (κ1) is 30.8. The van der Waals surface area contributed by atoms with E-state index in [1.165, 1.54) is 83.5 Å². The lowest BCUT2D eigenvalue weighted by Crippen LogP contribution is -2.21. The molecule has 0 spiro atoms. The van der Waals surface area contributed by atoms with E-state index in [1.54, 1.807) is 0 Å². The molecule has 6 aromatic rings. The summed E-state index contributed by atoms with van der Waals surface area (Å²) in [5.41, 5.74) is 20.9. The van der Waals surface area contributed by atoms with Crippen LogP contribution in [0, 0.1) is 0 Å². The smallest absolute Gasteiger partial charge is 0.110 e. The largest absolute Gasteiger partial charge is 0.356 e. The minimum Gasteiger partial charge on any atom is -0.356 e. The van der Waals surface area contributed by atoms with E-state index >= 15 is 0 Å². The summed E-state index contributed by atoms with van der Waals surface area (Å²) in [6.45, 7) is 9.51. The number of fused-ring (bicyclic) bond motifs is 12. The fraction of sp³-hybridized carbons (Fsp3) is 0.240. The van der Waals surface area contributed by atoms with Crippen molar-refractivity contribution < 1.29 is 4.74 Å². The highest BCUT2D eigenvalue weighted by Crippen LogP contribution is 2.66. The molecule has 2 heterocycles. The van der Waals surface area contributed by atoms with Crippen molar-refractivity contribution in [2.45, 2.75) is 75.9 Å². The molecule has 0 aromatic heterocycles. The molecule has 0 saturated carbocycles. The molecule has 3 unspecified atom stereocenters. The highest BCUT2D eigenvalue weighted by Gasteiger charge is 2.54. The van der Waals surface area contributed by atoms with Gasteiger partial charge in [-0.05, 0) is 115 Å².